The topological polar surface area (TPSA) is 102 Å². The van der Waals surface area contributed by atoms with Crippen molar-refractivity contribution in [3.8, 4) is 5.75 Å². The van der Waals surface area contributed by atoms with Crippen LogP contribution in [-0.2, 0) is 13.1 Å². The van der Waals surface area contributed by atoms with Gasteiger partial charge in [0, 0.05) is 30.3 Å². The summed E-state index contributed by atoms with van der Waals surface area (Å²) in [5.74, 6) is 1.52. The number of aliphatic imine (C=N–C) groups is 1. The standard InChI is InChI=1S/C23H23N5O3/c29-28(30)19-10-8-17(9-11-19)15-25-23(26-16-18-5-3-4-13-24-18)27-21-12-14-31-22-7-2-1-6-20(21)22/h1-11,13,21H,12,14-16H2,(H2,25,26,27). The summed E-state index contributed by atoms with van der Waals surface area (Å²) in [7, 11) is 0. The zero-order chi connectivity index (χ0) is 21.5. The molecule has 8 heteroatoms. The van der Waals surface area contributed by atoms with Crippen LogP contribution in [0.5, 0.6) is 5.75 Å². The first kappa shape index (κ1) is 20.3. The maximum absolute atomic E-state index is 10.9. The van der Waals surface area contributed by atoms with Crippen LogP contribution in [0.2, 0.25) is 0 Å². The van der Waals surface area contributed by atoms with E-state index in [0.717, 1.165) is 29.0 Å². The van der Waals surface area contributed by atoms with Gasteiger partial charge in [-0.15, -0.1) is 0 Å². The van der Waals surface area contributed by atoms with Gasteiger partial charge in [0.25, 0.3) is 5.69 Å². The molecule has 0 fully saturated rings. The number of hydrogen-bond acceptors (Lipinski definition) is 5. The predicted octanol–water partition coefficient (Wildman–Crippen LogP) is 3.75. The molecule has 4 rings (SSSR count). The Morgan fingerprint density at radius 1 is 1.13 bits per heavy atom. The van der Waals surface area contributed by atoms with Crippen molar-refractivity contribution in [3.63, 3.8) is 0 Å². The molecular formula is C23H23N5O3. The van der Waals surface area contributed by atoms with E-state index in [1.165, 1.54) is 12.1 Å². The smallest absolute Gasteiger partial charge is 0.269 e. The third kappa shape index (κ3) is 5.36. The van der Waals surface area contributed by atoms with E-state index in [2.05, 4.69) is 21.7 Å². The number of guanidine groups is 1. The van der Waals surface area contributed by atoms with Gasteiger partial charge in [-0.2, -0.15) is 0 Å². The van der Waals surface area contributed by atoms with Crippen molar-refractivity contribution in [3.05, 3.63) is 99.9 Å². The summed E-state index contributed by atoms with van der Waals surface area (Å²) in [4.78, 5) is 19.5. The minimum absolute atomic E-state index is 0.0665. The fourth-order valence-corrected chi connectivity index (χ4v) is 3.38. The highest BCUT2D eigenvalue weighted by atomic mass is 16.6. The first-order chi connectivity index (χ1) is 15.2. The van der Waals surface area contributed by atoms with Crippen LogP contribution in [0.4, 0.5) is 5.69 Å². The number of hydrogen-bond donors (Lipinski definition) is 2. The van der Waals surface area contributed by atoms with E-state index in [4.69, 9.17) is 9.73 Å². The monoisotopic (exact) mass is 417 g/mol. The molecule has 31 heavy (non-hydrogen) atoms. The molecule has 2 heterocycles. The van der Waals surface area contributed by atoms with E-state index < -0.39 is 4.92 Å². The summed E-state index contributed by atoms with van der Waals surface area (Å²) < 4.78 is 5.76. The maximum atomic E-state index is 10.9. The fourth-order valence-electron chi connectivity index (χ4n) is 3.38. The van der Waals surface area contributed by atoms with E-state index in [1.54, 1.807) is 18.3 Å². The van der Waals surface area contributed by atoms with Crippen molar-refractivity contribution in [1.82, 2.24) is 15.6 Å². The van der Waals surface area contributed by atoms with Gasteiger partial charge in [0.1, 0.15) is 5.75 Å². The summed E-state index contributed by atoms with van der Waals surface area (Å²) >= 11 is 0. The van der Waals surface area contributed by atoms with Crippen molar-refractivity contribution in [2.45, 2.75) is 25.6 Å². The molecule has 1 aromatic heterocycles. The van der Waals surface area contributed by atoms with Crippen molar-refractivity contribution in [2.75, 3.05) is 6.61 Å². The minimum Gasteiger partial charge on any atom is -0.493 e. The molecule has 3 aromatic rings. The lowest BCUT2D eigenvalue weighted by Gasteiger charge is -2.28. The van der Waals surface area contributed by atoms with Gasteiger partial charge in [0.05, 0.1) is 36.4 Å². The fraction of sp³-hybridized carbons (Fsp3) is 0.217. The summed E-state index contributed by atoms with van der Waals surface area (Å²) in [6.45, 7) is 1.54. The van der Waals surface area contributed by atoms with Crippen LogP contribution in [-0.4, -0.2) is 22.5 Å². The van der Waals surface area contributed by atoms with Gasteiger partial charge in [0.15, 0.2) is 5.96 Å². The third-order valence-electron chi connectivity index (χ3n) is 5.00. The van der Waals surface area contributed by atoms with Crippen LogP contribution in [0.15, 0.2) is 77.9 Å². The SMILES string of the molecule is O=[N+]([O-])c1ccc(CN=C(NCc2ccccn2)NC2CCOc3ccccc32)cc1. The lowest BCUT2D eigenvalue weighted by atomic mass is 10.0. The van der Waals surface area contributed by atoms with Gasteiger partial charge in [-0.25, -0.2) is 4.99 Å². The number of pyridine rings is 1. The minimum atomic E-state index is -0.406. The first-order valence-electron chi connectivity index (χ1n) is 10.1. The number of benzene rings is 2. The maximum Gasteiger partial charge on any atom is 0.269 e. The van der Waals surface area contributed by atoms with E-state index in [9.17, 15) is 10.1 Å². The van der Waals surface area contributed by atoms with Crippen LogP contribution >= 0.6 is 0 Å². The summed E-state index contributed by atoms with van der Waals surface area (Å²) in [6, 6.07) is 20.3. The molecule has 1 aliphatic rings. The highest BCUT2D eigenvalue weighted by Crippen LogP contribution is 2.31. The molecule has 0 saturated heterocycles. The molecular weight excluding hydrogens is 394 g/mol. The van der Waals surface area contributed by atoms with E-state index >= 15 is 0 Å². The van der Waals surface area contributed by atoms with Crippen LogP contribution in [0, 0.1) is 10.1 Å². The molecule has 0 amide bonds. The predicted molar refractivity (Wildman–Crippen MR) is 118 cm³/mol. The molecule has 0 aliphatic carbocycles. The molecule has 0 spiro atoms. The number of non-ortho nitro benzene ring substituents is 1. The number of nitrogens with zero attached hydrogens (tertiary/aromatic N) is 3. The Hall–Kier alpha value is -3.94. The van der Waals surface area contributed by atoms with Gasteiger partial charge in [-0.05, 0) is 23.8 Å². The van der Waals surface area contributed by atoms with Crippen LogP contribution in [0.3, 0.4) is 0 Å². The van der Waals surface area contributed by atoms with Crippen molar-refractivity contribution in [1.29, 1.82) is 0 Å². The number of para-hydroxylation sites is 1. The lowest BCUT2D eigenvalue weighted by Crippen LogP contribution is -2.41. The van der Waals surface area contributed by atoms with Crippen molar-refractivity contribution in [2.24, 2.45) is 4.99 Å². The molecule has 158 valence electrons. The quantitative estimate of drug-likeness (QED) is 0.274. The van der Waals surface area contributed by atoms with Crippen LogP contribution in [0.25, 0.3) is 0 Å². The Kier molecular flexibility index (Phi) is 6.37. The average Bonchev–Trinajstić information content (AvgIpc) is 2.82. The Labute approximate surface area is 180 Å². The van der Waals surface area contributed by atoms with Gasteiger partial charge in [0.2, 0.25) is 0 Å². The molecule has 1 unspecified atom stereocenters. The molecule has 1 atom stereocenters. The zero-order valence-corrected chi connectivity index (χ0v) is 16.9. The lowest BCUT2D eigenvalue weighted by molar-refractivity contribution is -0.384. The number of ether oxygens (including phenoxy) is 1. The summed E-state index contributed by atoms with van der Waals surface area (Å²) in [6.07, 6.45) is 2.58. The van der Waals surface area contributed by atoms with E-state index in [-0.39, 0.29) is 11.7 Å². The largest absolute Gasteiger partial charge is 0.493 e. The second-order valence-electron chi connectivity index (χ2n) is 7.13. The van der Waals surface area contributed by atoms with Gasteiger partial charge in [-0.1, -0.05) is 36.4 Å². The Bertz CT molecular complexity index is 1050. The molecule has 0 saturated carbocycles. The number of nitro benzene ring substituents is 1. The van der Waals surface area contributed by atoms with E-state index in [1.807, 2.05) is 36.4 Å². The molecule has 2 aromatic carbocycles. The van der Waals surface area contributed by atoms with Gasteiger partial charge >= 0.3 is 0 Å². The third-order valence-corrected chi connectivity index (χ3v) is 5.00. The number of rotatable bonds is 6. The molecule has 1 aliphatic heterocycles. The number of nitro groups is 1. The Balaban J connectivity index is 1.51. The van der Waals surface area contributed by atoms with Gasteiger partial charge < -0.3 is 15.4 Å². The average molecular weight is 417 g/mol. The first-order valence-corrected chi connectivity index (χ1v) is 10.1. The second kappa shape index (κ2) is 9.71. The van der Waals surface area contributed by atoms with Crippen molar-refractivity contribution >= 4 is 11.6 Å². The van der Waals surface area contributed by atoms with Crippen molar-refractivity contribution < 1.29 is 9.66 Å². The van der Waals surface area contributed by atoms with Crippen LogP contribution in [0.1, 0.15) is 29.3 Å². The molecule has 2 N–H and O–H groups in total. The highest BCUT2D eigenvalue weighted by Gasteiger charge is 2.22. The normalized spacial score (nSPS) is 15.5. The Morgan fingerprint density at radius 3 is 2.71 bits per heavy atom. The second-order valence-corrected chi connectivity index (χ2v) is 7.13. The highest BCUT2D eigenvalue weighted by molar-refractivity contribution is 5.80. The van der Waals surface area contributed by atoms with E-state index in [0.29, 0.717) is 25.7 Å². The summed E-state index contributed by atoms with van der Waals surface area (Å²) in [5.41, 5.74) is 2.95. The Morgan fingerprint density at radius 2 is 1.94 bits per heavy atom. The number of aromatic nitrogens is 1. The molecule has 8 nitrogen and oxygen atoms in total. The molecule has 0 radical (unpaired) electrons. The number of fused-ring (bicyclic) bond motifs is 1. The number of nitrogens with one attached hydrogen (secondary N) is 2. The zero-order valence-electron chi connectivity index (χ0n) is 16.9. The summed E-state index contributed by atoms with van der Waals surface area (Å²) in [5, 5.41) is 17.7. The molecule has 0 bridgehead atoms. The van der Waals surface area contributed by atoms with Crippen LogP contribution < -0.4 is 15.4 Å². The van der Waals surface area contributed by atoms with Gasteiger partial charge in [-0.3, -0.25) is 15.1 Å².